The molecule has 3 rings (SSSR count). The van der Waals surface area contributed by atoms with Crippen LogP contribution in [0.15, 0.2) is 88.9 Å². The molecule has 0 saturated heterocycles. The molecular formula is C20H19N3O2S. The summed E-state index contributed by atoms with van der Waals surface area (Å²) in [5.41, 5.74) is 6.04. The monoisotopic (exact) mass is 365 g/mol. The van der Waals surface area contributed by atoms with Gasteiger partial charge in [0.05, 0.1) is 22.5 Å². The van der Waals surface area contributed by atoms with Crippen molar-refractivity contribution in [3.05, 3.63) is 90.0 Å². The molecule has 0 unspecified atom stereocenters. The molecular weight excluding hydrogens is 346 g/mol. The van der Waals surface area contributed by atoms with E-state index in [-0.39, 0.29) is 4.90 Å². The van der Waals surface area contributed by atoms with Crippen molar-refractivity contribution in [1.29, 1.82) is 0 Å². The molecule has 0 aliphatic carbocycles. The summed E-state index contributed by atoms with van der Waals surface area (Å²) >= 11 is 0. The van der Waals surface area contributed by atoms with E-state index in [0.717, 1.165) is 16.8 Å². The summed E-state index contributed by atoms with van der Waals surface area (Å²) in [6.07, 6.45) is 1.72. The van der Waals surface area contributed by atoms with Crippen LogP contribution < -0.4 is 10.1 Å². The topological polar surface area (TPSA) is 70.6 Å². The molecule has 0 aliphatic rings. The van der Waals surface area contributed by atoms with Gasteiger partial charge in [0.1, 0.15) is 0 Å². The predicted octanol–water partition coefficient (Wildman–Crippen LogP) is 4.24. The maximum atomic E-state index is 12.4. The second-order valence-electron chi connectivity index (χ2n) is 5.73. The molecule has 0 atom stereocenters. The van der Waals surface area contributed by atoms with E-state index >= 15 is 0 Å². The molecule has 132 valence electrons. The highest BCUT2D eigenvalue weighted by Gasteiger charge is 2.14. The predicted molar refractivity (Wildman–Crippen MR) is 106 cm³/mol. The first-order chi connectivity index (χ1) is 12.5. The maximum absolute atomic E-state index is 12.4. The Morgan fingerprint density at radius 1 is 0.885 bits per heavy atom. The van der Waals surface area contributed by atoms with Crippen molar-refractivity contribution >= 4 is 27.6 Å². The molecule has 3 aromatic rings. The summed E-state index contributed by atoms with van der Waals surface area (Å²) in [6.45, 7) is 1.84. The smallest absolute Gasteiger partial charge is 0.261 e. The lowest BCUT2D eigenvalue weighted by Crippen LogP contribution is -2.13. The molecule has 0 aliphatic heterocycles. The van der Waals surface area contributed by atoms with Gasteiger partial charge in [0.2, 0.25) is 0 Å². The van der Waals surface area contributed by atoms with Gasteiger partial charge in [0.25, 0.3) is 10.0 Å². The number of sulfonamides is 1. The molecule has 0 saturated carbocycles. The van der Waals surface area contributed by atoms with Crippen LogP contribution in [-0.4, -0.2) is 14.6 Å². The van der Waals surface area contributed by atoms with E-state index in [1.165, 1.54) is 0 Å². The molecule has 5 nitrogen and oxygen atoms in total. The number of hydrogen-bond acceptors (Lipinski definition) is 4. The number of rotatable bonds is 6. The van der Waals surface area contributed by atoms with Gasteiger partial charge in [-0.1, -0.05) is 48.5 Å². The van der Waals surface area contributed by atoms with Crippen molar-refractivity contribution in [3.63, 3.8) is 0 Å². The summed E-state index contributed by atoms with van der Waals surface area (Å²) in [5, 5.41) is 4.19. The largest absolute Gasteiger partial charge is 0.279 e. The lowest BCUT2D eigenvalue weighted by Gasteiger charge is -2.11. The zero-order valence-corrected chi connectivity index (χ0v) is 15.1. The van der Waals surface area contributed by atoms with E-state index in [9.17, 15) is 8.42 Å². The number of hydrogen-bond donors (Lipinski definition) is 2. The minimum Gasteiger partial charge on any atom is -0.279 e. The van der Waals surface area contributed by atoms with Crippen molar-refractivity contribution in [2.24, 2.45) is 5.10 Å². The van der Waals surface area contributed by atoms with Crippen LogP contribution in [0.1, 0.15) is 11.1 Å². The minimum absolute atomic E-state index is 0.231. The molecule has 3 aromatic carbocycles. The number of aryl methyl sites for hydroxylation is 1. The SMILES string of the molecule is Cc1cc(N/N=C/c2ccccc2)ccc1NS(=O)(=O)c1ccccc1. The Morgan fingerprint density at radius 3 is 2.19 bits per heavy atom. The van der Waals surface area contributed by atoms with Crippen molar-refractivity contribution in [2.45, 2.75) is 11.8 Å². The lowest BCUT2D eigenvalue weighted by molar-refractivity contribution is 0.601. The van der Waals surface area contributed by atoms with E-state index in [1.54, 1.807) is 48.7 Å². The van der Waals surface area contributed by atoms with Gasteiger partial charge in [-0.05, 0) is 48.4 Å². The van der Waals surface area contributed by atoms with Gasteiger partial charge >= 0.3 is 0 Å². The van der Waals surface area contributed by atoms with Gasteiger partial charge in [-0.15, -0.1) is 0 Å². The Bertz CT molecular complexity index is 1000. The van der Waals surface area contributed by atoms with E-state index < -0.39 is 10.0 Å². The van der Waals surface area contributed by atoms with Crippen LogP contribution >= 0.6 is 0 Å². The summed E-state index contributed by atoms with van der Waals surface area (Å²) in [4.78, 5) is 0.231. The molecule has 0 bridgehead atoms. The molecule has 6 heteroatoms. The Kier molecular flexibility index (Phi) is 5.34. The standard InChI is InChI=1S/C20H19N3O2S/c1-16-14-18(22-21-15-17-8-4-2-5-9-17)12-13-20(16)23-26(24,25)19-10-6-3-7-11-19/h2-15,22-23H,1H3/b21-15+. The molecule has 0 aromatic heterocycles. The zero-order chi connectivity index (χ0) is 18.4. The number of nitrogens with one attached hydrogen (secondary N) is 2. The van der Waals surface area contributed by atoms with Gasteiger partial charge in [-0.3, -0.25) is 10.1 Å². The fourth-order valence-corrected chi connectivity index (χ4v) is 3.52. The Labute approximate surface area is 153 Å². The quantitative estimate of drug-likeness (QED) is 0.507. The third-order valence-electron chi connectivity index (χ3n) is 3.73. The number of nitrogens with zero attached hydrogens (tertiary/aromatic N) is 1. The summed E-state index contributed by atoms with van der Waals surface area (Å²) < 4.78 is 27.5. The normalized spacial score (nSPS) is 11.4. The number of hydrazone groups is 1. The first kappa shape index (κ1) is 17.7. The summed E-state index contributed by atoms with van der Waals surface area (Å²) in [6, 6.07) is 23.4. The van der Waals surface area contributed by atoms with Crippen molar-refractivity contribution in [2.75, 3.05) is 10.1 Å². The highest BCUT2D eigenvalue weighted by Crippen LogP contribution is 2.23. The first-order valence-electron chi connectivity index (χ1n) is 8.07. The average Bonchev–Trinajstić information content (AvgIpc) is 2.65. The van der Waals surface area contributed by atoms with Gasteiger partial charge < -0.3 is 0 Å². The van der Waals surface area contributed by atoms with Crippen molar-refractivity contribution in [3.8, 4) is 0 Å². The van der Waals surface area contributed by atoms with Crippen LogP contribution in [0.3, 0.4) is 0 Å². The van der Waals surface area contributed by atoms with E-state index in [0.29, 0.717) is 5.69 Å². The van der Waals surface area contributed by atoms with Crippen LogP contribution in [-0.2, 0) is 10.0 Å². The Morgan fingerprint density at radius 2 is 1.54 bits per heavy atom. The van der Waals surface area contributed by atoms with Gasteiger partial charge in [-0.2, -0.15) is 5.10 Å². The second-order valence-corrected chi connectivity index (χ2v) is 7.41. The average molecular weight is 365 g/mol. The number of anilines is 2. The van der Waals surface area contributed by atoms with Gasteiger partial charge in [0.15, 0.2) is 0 Å². The minimum atomic E-state index is -3.60. The molecule has 0 spiro atoms. The van der Waals surface area contributed by atoms with Crippen LogP contribution in [0.4, 0.5) is 11.4 Å². The highest BCUT2D eigenvalue weighted by atomic mass is 32.2. The van der Waals surface area contributed by atoms with Crippen LogP contribution in [0.5, 0.6) is 0 Å². The fourth-order valence-electron chi connectivity index (χ4n) is 2.37. The van der Waals surface area contributed by atoms with Crippen molar-refractivity contribution < 1.29 is 8.42 Å². The zero-order valence-electron chi connectivity index (χ0n) is 14.3. The highest BCUT2D eigenvalue weighted by molar-refractivity contribution is 7.92. The molecule has 0 heterocycles. The van der Waals surface area contributed by atoms with Gasteiger partial charge in [-0.25, -0.2) is 8.42 Å². The Hall–Kier alpha value is -3.12. The summed E-state index contributed by atoms with van der Waals surface area (Å²) in [5.74, 6) is 0. The lowest BCUT2D eigenvalue weighted by atomic mass is 10.2. The maximum Gasteiger partial charge on any atom is 0.261 e. The molecule has 26 heavy (non-hydrogen) atoms. The third-order valence-corrected chi connectivity index (χ3v) is 5.11. The van der Waals surface area contributed by atoms with Crippen molar-refractivity contribution in [1.82, 2.24) is 0 Å². The van der Waals surface area contributed by atoms with Gasteiger partial charge in [0, 0.05) is 0 Å². The van der Waals surface area contributed by atoms with Crippen LogP contribution in [0.2, 0.25) is 0 Å². The third kappa shape index (κ3) is 4.49. The van der Waals surface area contributed by atoms with E-state index in [4.69, 9.17) is 0 Å². The van der Waals surface area contributed by atoms with E-state index in [1.807, 2.05) is 43.3 Å². The second kappa shape index (κ2) is 7.84. The van der Waals surface area contributed by atoms with E-state index in [2.05, 4.69) is 15.2 Å². The molecule has 0 radical (unpaired) electrons. The summed E-state index contributed by atoms with van der Waals surface area (Å²) in [7, 11) is -3.60. The Balaban J connectivity index is 1.71. The first-order valence-corrected chi connectivity index (χ1v) is 9.55. The molecule has 2 N–H and O–H groups in total. The molecule has 0 fully saturated rings. The number of benzene rings is 3. The molecule has 0 amide bonds. The van der Waals surface area contributed by atoms with Crippen LogP contribution in [0.25, 0.3) is 0 Å². The van der Waals surface area contributed by atoms with Crippen LogP contribution in [0, 0.1) is 6.92 Å². The fraction of sp³-hybridized carbons (Fsp3) is 0.0500.